The van der Waals surface area contributed by atoms with Gasteiger partial charge in [0, 0.05) is 11.3 Å². The predicted octanol–water partition coefficient (Wildman–Crippen LogP) is 4.48. The molecular formula is C19H17N3O2. The lowest BCUT2D eigenvalue weighted by atomic mass is 10.1. The van der Waals surface area contributed by atoms with Crippen LogP contribution in [-0.4, -0.2) is 22.9 Å². The van der Waals surface area contributed by atoms with E-state index in [9.17, 15) is 4.79 Å². The molecule has 0 aliphatic heterocycles. The molecule has 3 rings (SSSR count). The molecule has 0 fully saturated rings. The van der Waals surface area contributed by atoms with Crippen LogP contribution in [0.15, 0.2) is 73.3 Å². The van der Waals surface area contributed by atoms with Crippen LogP contribution >= 0.6 is 0 Å². The van der Waals surface area contributed by atoms with Crippen molar-refractivity contribution in [2.45, 2.75) is 0 Å². The highest BCUT2D eigenvalue weighted by atomic mass is 16.5. The second-order valence-electron chi connectivity index (χ2n) is 5.13. The van der Waals surface area contributed by atoms with Gasteiger partial charge in [-0.3, -0.25) is 10.4 Å². The van der Waals surface area contributed by atoms with Crippen LogP contribution in [0.3, 0.4) is 0 Å². The summed E-state index contributed by atoms with van der Waals surface area (Å²) in [6.45, 7) is 3.68. The van der Waals surface area contributed by atoms with E-state index >= 15 is 0 Å². The fourth-order valence-corrected chi connectivity index (χ4v) is 2.28. The molecule has 1 amide bonds. The quantitative estimate of drug-likeness (QED) is 0.681. The maximum Gasteiger partial charge on any atom is 0.411 e. The van der Waals surface area contributed by atoms with Crippen LogP contribution in [0.5, 0.6) is 0 Å². The smallest absolute Gasteiger partial charge is 0.411 e. The number of carbonyl (C=O) groups excluding carboxylic acids is 1. The van der Waals surface area contributed by atoms with Crippen molar-refractivity contribution in [3.05, 3.63) is 73.3 Å². The summed E-state index contributed by atoms with van der Waals surface area (Å²) in [7, 11) is 0. The molecule has 3 aromatic rings. The van der Waals surface area contributed by atoms with Crippen molar-refractivity contribution in [1.29, 1.82) is 0 Å². The Bertz CT molecular complexity index is 841. The number of rotatable bonds is 5. The minimum absolute atomic E-state index is 0.172. The number of anilines is 1. The van der Waals surface area contributed by atoms with E-state index in [4.69, 9.17) is 4.74 Å². The van der Waals surface area contributed by atoms with Crippen LogP contribution in [0.25, 0.3) is 22.5 Å². The van der Waals surface area contributed by atoms with E-state index in [1.807, 2.05) is 54.6 Å². The summed E-state index contributed by atoms with van der Waals surface area (Å²) in [5, 5.41) is 10.1. The van der Waals surface area contributed by atoms with Gasteiger partial charge in [-0.25, -0.2) is 4.79 Å². The van der Waals surface area contributed by atoms with Gasteiger partial charge in [0.15, 0.2) is 0 Å². The summed E-state index contributed by atoms with van der Waals surface area (Å²) >= 11 is 0. The number of ether oxygens (including phenoxy) is 1. The maximum atomic E-state index is 11.6. The molecule has 120 valence electrons. The molecule has 0 spiro atoms. The van der Waals surface area contributed by atoms with Crippen molar-refractivity contribution in [3.8, 4) is 22.5 Å². The van der Waals surface area contributed by atoms with E-state index in [0.29, 0.717) is 5.69 Å². The molecule has 0 radical (unpaired) electrons. The topological polar surface area (TPSA) is 67.0 Å². The second-order valence-corrected chi connectivity index (χ2v) is 5.13. The van der Waals surface area contributed by atoms with Crippen molar-refractivity contribution < 1.29 is 9.53 Å². The van der Waals surface area contributed by atoms with Gasteiger partial charge in [0.05, 0.1) is 11.4 Å². The largest absolute Gasteiger partial charge is 0.445 e. The molecule has 0 bridgehead atoms. The molecule has 5 heteroatoms. The Hall–Kier alpha value is -3.34. The molecule has 0 unspecified atom stereocenters. The average molecular weight is 319 g/mol. The molecule has 2 N–H and O–H groups in total. The van der Waals surface area contributed by atoms with Gasteiger partial charge in [-0.2, -0.15) is 5.10 Å². The number of nitrogens with one attached hydrogen (secondary N) is 2. The zero-order chi connectivity index (χ0) is 16.8. The van der Waals surface area contributed by atoms with Gasteiger partial charge in [0.2, 0.25) is 0 Å². The fourth-order valence-electron chi connectivity index (χ4n) is 2.28. The van der Waals surface area contributed by atoms with E-state index in [2.05, 4.69) is 22.1 Å². The first-order valence-electron chi connectivity index (χ1n) is 7.52. The third kappa shape index (κ3) is 3.70. The van der Waals surface area contributed by atoms with Crippen LogP contribution in [0.4, 0.5) is 10.5 Å². The van der Waals surface area contributed by atoms with Crippen LogP contribution in [0, 0.1) is 0 Å². The number of H-pyrrole nitrogens is 1. The van der Waals surface area contributed by atoms with Gasteiger partial charge in [-0.15, -0.1) is 0 Å². The van der Waals surface area contributed by atoms with Gasteiger partial charge in [0.1, 0.15) is 6.61 Å². The second kappa shape index (κ2) is 7.28. The van der Waals surface area contributed by atoms with E-state index < -0.39 is 6.09 Å². The summed E-state index contributed by atoms with van der Waals surface area (Å²) < 4.78 is 4.91. The Labute approximate surface area is 140 Å². The standard InChI is InChI=1S/C19H17N3O2/c1-2-11-24-19(23)20-16-10-6-9-15(12-16)18-13-17(21-22-18)14-7-4-3-5-8-14/h2-10,12-13H,1,11H2,(H,20,23)(H,21,22). The number of benzene rings is 2. The molecule has 1 aromatic heterocycles. The lowest BCUT2D eigenvalue weighted by Crippen LogP contribution is -2.13. The zero-order valence-corrected chi connectivity index (χ0v) is 13.0. The number of hydrogen-bond acceptors (Lipinski definition) is 3. The molecule has 2 aromatic carbocycles. The van der Waals surface area contributed by atoms with Crippen molar-refractivity contribution in [3.63, 3.8) is 0 Å². The van der Waals surface area contributed by atoms with E-state index in [1.165, 1.54) is 6.08 Å². The third-order valence-corrected chi connectivity index (χ3v) is 3.40. The molecule has 24 heavy (non-hydrogen) atoms. The van der Waals surface area contributed by atoms with Crippen molar-refractivity contribution in [2.75, 3.05) is 11.9 Å². The van der Waals surface area contributed by atoms with Gasteiger partial charge in [-0.05, 0) is 23.8 Å². The monoisotopic (exact) mass is 319 g/mol. The predicted molar refractivity (Wildman–Crippen MR) is 94.6 cm³/mol. The third-order valence-electron chi connectivity index (χ3n) is 3.40. The normalized spacial score (nSPS) is 10.2. The lowest BCUT2D eigenvalue weighted by Gasteiger charge is -2.06. The Morgan fingerprint density at radius 1 is 1.12 bits per heavy atom. The Kier molecular flexibility index (Phi) is 4.72. The first kappa shape index (κ1) is 15.6. The number of carbonyl (C=O) groups is 1. The first-order valence-corrected chi connectivity index (χ1v) is 7.52. The lowest BCUT2D eigenvalue weighted by molar-refractivity contribution is 0.174. The van der Waals surface area contributed by atoms with E-state index in [0.717, 1.165) is 22.5 Å². The SMILES string of the molecule is C=CCOC(=O)Nc1cccc(-c2cc(-c3ccccc3)[nH]n2)c1. The Morgan fingerprint density at radius 2 is 1.92 bits per heavy atom. The Balaban J connectivity index is 1.78. The molecule has 0 atom stereocenters. The number of aromatic amines is 1. The number of hydrogen-bond donors (Lipinski definition) is 2. The van der Waals surface area contributed by atoms with Gasteiger partial charge in [0.25, 0.3) is 0 Å². The summed E-state index contributed by atoms with van der Waals surface area (Å²) in [6, 6.07) is 19.4. The van der Waals surface area contributed by atoms with Crippen LogP contribution in [-0.2, 0) is 4.74 Å². The molecule has 0 saturated heterocycles. The highest BCUT2D eigenvalue weighted by Gasteiger charge is 2.08. The highest BCUT2D eigenvalue weighted by molar-refractivity contribution is 5.86. The summed E-state index contributed by atoms with van der Waals surface area (Å²) in [5.74, 6) is 0. The molecule has 0 saturated carbocycles. The highest BCUT2D eigenvalue weighted by Crippen LogP contribution is 2.25. The molecular weight excluding hydrogens is 302 g/mol. The summed E-state index contributed by atoms with van der Waals surface area (Å²) in [6.07, 6.45) is 1.00. The molecule has 5 nitrogen and oxygen atoms in total. The molecule has 0 aliphatic rings. The van der Waals surface area contributed by atoms with Crippen LogP contribution in [0.2, 0.25) is 0 Å². The Morgan fingerprint density at radius 3 is 2.71 bits per heavy atom. The van der Waals surface area contributed by atoms with Crippen molar-refractivity contribution >= 4 is 11.8 Å². The number of nitrogens with zero attached hydrogens (tertiary/aromatic N) is 1. The van der Waals surface area contributed by atoms with Gasteiger partial charge < -0.3 is 4.74 Å². The summed E-state index contributed by atoms with van der Waals surface area (Å²) in [4.78, 5) is 11.6. The number of aromatic nitrogens is 2. The first-order chi connectivity index (χ1) is 11.8. The van der Waals surface area contributed by atoms with Crippen LogP contribution in [0.1, 0.15) is 0 Å². The maximum absolute atomic E-state index is 11.6. The average Bonchev–Trinajstić information content (AvgIpc) is 3.11. The van der Waals surface area contributed by atoms with Gasteiger partial charge in [-0.1, -0.05) is 55.1 Å². The number of amides is 1. The van der Waals surface area contributed by atoms with Gasteiger partial charge >= 0.3 is 6.09 Å². The molecule has 1 heterocycles. The van der Waals surface area contributed by atoms with E-state index in [-0.39, 0.29) is 6.61 Å². The minimum atomic E-state index is -0.515. The van der Waals surface area contributed by atoms with Crippen molar-refractivity contribution in [2.24, 2.45) is 0 Å². The fraction of sp³-hybridized carbons (Fsp3) is 0.0526. The van der Waals surface area contributed by atoms with Crippen LogP contribution < -0.4 is 5.32 Å². The van der Waals surface area contributed by atoms with Crippen molar-refractivity contribution in [1.82, 2.24) is 10.2 Å². The summed E-state index contributed by atoms with van der Waals surface area (Å²) in [5.41, 5.74) is 4.35. The van der Waals surface area contributed by atoms with E-state index in [1.54, 1.807) is 6.07 Å². The zero-order valence-electron chi connectivity index (χ0n) is 13.0. The minimum Gasteiger partial charge on any atom is -0.445 e. The molecule has 0 aliphatic carbocycles.